The molecule has 0 radical (unpaired) electrons. The third kappa shape index (κ3) is 1.63. The summed E-state index contributed by atoms with van der Waals surface area (Å²) in [5.41, 5.74) is -1.96. The maximum absolute atomic E-state index is 11.3. The molecule has 4 N–H and O–H groups in total. The number of aliphatic hydroxyl groups excluding tert-OH is 4. The Balaban J connectivity index is 2.42. The number of carbonyl (C=O) groups excluding carboxylic acids is 1. The standard InChI is InChI=1S/C11H14O7/c12-5-6(13)11(7-3-1-2-4-17-7)9(15)8(14)10(16)18-11/h2,4,6-7,12-15H,1,3,5H2/t6-,7?,11-/m0/s1. The van der Waals surface area contributed by atoms with Crippen LogP contribution in [0.2, 0.25) is 0 Å². The number of allylic oxidation sites excluding steroid dienone is 1. The van der Waals surface area contributed by atoms with E-state index in [1.165, 1.54) is 6.26 Å². The van der Waals surface area contributed by atoms with E-state index in [9.17, 15) is 20.1 Å². The average molecular weight is 258 g/mol. The van der Waals surface area contributed by atoms with Gasteiger partial charge in [-0.25, -0.2) is 4.79 Å². The van der Waals surface area contributed by atoms with E-state index in [0.717, 1.165) is 0 Å². The summed E-state index contributed by atoms with van der Waals surface area (Å²) >= 11 is 0. The van der Waals surface area contributed by atoms with Gasteiger partial charge in [-0.05, 0) is 18.9 Å². The van der Waals surface area contributed by atoms with Crippen LogP contribution in [0.1, 0.15) is 12.8 Å². The molecule has 0 saturated carbocycles. The quantitative estimate of drug-likeness (QED) is 0.511. The van der Waals surface area contributed by atoms with Gasteiger partial charge in [0.25, 0.3) is 0 Å². The normalized spacial score (nSPS) is 33.2. The van der Waals surface area contributed by atoms with Gasteiger partial charge >= 0.3 is 5.97 Å². The lowest BCUT2D eigenvalue weighted by Crippen LogP contribution is -2.56. The van der Waals surface area contributed by atoms with E-state index >= 15 is 0 Å². The van der Waals surface area contributed by atoms with Gasteiger partial charge in [0.15, 0.2) is 5.76 Å². The molecule has 0 spiro atoms. The Kier molecular flexibility index (Phi) is 3.18. The van der Waals surface area contributed by atoms with Crippen molar-refractivity contribution in [1.82, 2.24) is 0 Å². The summed E-state index contributed by atoms with van der Waals surface area (Å²) in [4.78, 5) is 11.3. The van der Waals surface area contributed by atoms with Gasteiger partial charge in [-0.15, -0.1) is 0 Å². The maximum Gasteiger partial charge on any atom is 0.378 e. The monoisotopic (exact) mass is 258 g/mol. The summed E-state index contributed by atoms with van der Waals surface area (Å²) in [6, 6.07) is 0. The molecule has 3 atom stereocenters. The fraction of sp³-hybridized carbons (Fsp3) is 0.545. The maximum atomic E-state index is 11.3. The third-order valence-corrected chi connectivity index (χ3v) is 3.13. The highest BCUT2D eigenvalue weighted by atomic mass is 16.6. The van der Waals surface area contributed by atoms with Crippen molar-refractivity contribution in [3.63, 3.8) is 0 Å². The number of aliphatic hydroxyl groups is 4. The largest absolute Gasteiger partial charge is 0.505 e. The van der Waals surface area contributed by atoms with Crippen LogP contribution in [-0.4, -0.2) is 50.8 Å². The Labute approximate surface area is 103 Å². The highest BCUT2D eigenvalue weighted by Crippen LogP contribution is 2.40. The number of hydrogen-bond donors (Lipinski definition) is 4. The molecule has 18 heavy (non-hydrogen) atoms. The zero-order valence-corrected chi connectivity index (χ0v) is 9.44. The van der Waals surface area contributed by atoms with Crippen LogP contribution in [0, 0.1) is 0 Å². The van der Waals surface area contributed by atoms with Gasteiger partial charge in [0.05, 0.1) is 12.9 Å². The Morgan fingerprint density at radius 3 is 2.67 bits per heavy atom. The van der Waals surface area contributed by atoms with E-state index in [4.69, 9.17) is 14.6 Å². The molecule has 100 valence electrons. The minimum atomic E-state index is -1.96. The van der Waals surface area contributed by atoms with Crippen molar-refractivity contribution in [2.45, 2.75) is 30.7 Å². The number of esters is 1. The van der Waals surface area contributed by atoms with Crippen molar-refractivity contribution in [2.75, 3.05) is 6.61 Å². The molecule has 0 amide bonds. The van der Waals surface area contributed by atoms with Crippen LogP contribution >= 0.6 is 0 Å². The molecular formula is C11H14O7. The molecule has 2 rings (SSSR count). The van der Waals surface area contributed by atoms with Crippen LogP contribution < -0.4 is 0 Å². The van der Waals surface area contributed by atoms with Crippen molar-refractivity contribution in [2.24, 2.45) is 0 Å². The molecule has 0 aromatic heterocycles. The molecule has 0 fully saturated rings. The number of carbonyl (C=O) groups is 1. The van der Waals surface area contributed by atoms with E-state index in [0.29, 0.717) is 12.8 Å². The van der Waals surface area contributed by atoms with Gasteiger partial charge in [-0.2, -0.15) is 0 Å². The fourth-order valence-corrected chi connectivity index (χ4v) is 2.18. The summed E-state index contributed by atoms with van der Waals surface area (Å²) in [7, 11) is 0. The number of rotatable bonds is 3. The van der Waals surface area contributed by atoms with Crippen LogP contribution in [0.25, 0.3) is 0 Å². The Morgan fingerprint density at radius 1 is 1.50 bits per heavy atom. The SMILES string of the molecule is O=C1O[C@](C2CCC=CO2)([C@@H](O)CO)C(O)=C1O. The lowest BCUT2D eigenvalue weighted by atomic mass is 9.85. The van der Waals surface area contributed by atoms with E-state index in [1.807, 2.05) is 0 Å². The first-order valence-electron chi connectivity index (χ1n) is 5.49. The smallest absolute Gasteiger partial charge is 0.378 e. The lowest BCUT2D eigenvalue weighted by molar-refractivity contribution is -0.187. The first-order valence-corrected chi connectivity index (χ1v) is 5.49. The summed E-state index contributed by atoms with van der Waals surface area (Å²) in [6.45, 7) is -0.756. The van der Waals surface area contributed by atoms with Crippen LogP contribution in [-0.2, 0) is 14.3 Å². The van der Waals surface area contributed by atoms with Crippen molar-refractivity contribution in [3.05, 3.63) is 23.9 Å². The molecule has 0 aromatic rings. The van der Waals surface area contributed by atoms with Gasteiger partial charge < -0.3 is 29.9 Å². The second-order valence-corrected chi connectivity index (χ2v) is 4.15. The molecule has 0 saturated heterocycles. The molecule has 7 nitrogen and oxygen atoms in total. The predicted molar refractivity (Wildman–Crippen MR) is 57.4 cm³/mol. The molecule has 0 aromatic carbocycles. The van der Waals surface area contributed by atoms with Crippen molar-refractivity contribution in [1.29, 1.82) is 0 Å². The van der Waals surface area contributed by atoms with Crippen LogP contribution in [0.3, 0.4) is 0 Å². The Hall–Kier alpha value is -1.73. The number of ether oxygens (including phenoxy) is 2. The molecule has 1 unspecified atom stereocenters. The van der Waals surface area contributed by atoms with Gasteiger partial charge in [-0.1, -0.05) is 0 Å². The zero-order chi connectivity index (χ0) is 13.3. The summed E-state index contributed by atoms with van der Waals surface area (Å²) in [5.74, 6) is -2.94. The molecule has 2 aliphatic heterocycles. The lowest BCUT2D eigenvalue weighted by Gasteiger charge is -2.38. The van der Waals surface area contributed by atoms with Crippen molar-refractivity contribution in [3.8, 4) is 0 Å². The van der Waals surface area contributed by atoms with Gasteiger partial charge in [0.2, 0.25) is 11.4 Å². The fourth-order valence-electron chi connectivity index (χ4n) is 2.18. The molecule has 0 aliphatic carbocycles. The molecule has 7 heteroatoms. The highest BCUT2D eigenvalue weighted by Gasteiger charge is 2.60. The van der Waals surface area contributed by atoms with Crippen molar-refractivity contribution < 1.29 is 34.7 Å². The van der Waals surface area contributed by atoms with Crippen molar-refractivity contribution >= 4 is 5.97 Å². The first kappa shape index (κ1) is 12.7. The predicted octanol–water partition coefficient (Wildman–Crippen LogP) is -0.344. The number of cyclic esters (lactones) is 1. The molecular weight excluding hydrogens is 244 g/mol. The topological polar surface area (TPSA) is 116 Å². The minimum absolute atomic E-state index is 0.359. The molecule has 2 aliphatic rings. The van der Waals surface area contributed by atoms with E-state index in [1.54, 1.807) is 6.08 Å². The summed E-state index contributed by atoms with van der Waals surface area (Å²) < 4.78 is 10.1. The second kappa shape index (κ2) is 4.51. The third-order valence-electron chi connectivity index (χ3n) is 3.13. The van der Waals surface area contributed by atoms with E-state index in [-0.39, 0.29) is 0 Å². The second-order valence-electron chi connectivity index (χ2n) is 4.15. The van der Waals surface area contributed by atoms with Gasteiger partial charge in [0.1, 0.15) is 12.2 Å². The molecule has 2 heterocycles. The van der Waals surface area contributed by atoms with Gasteiger partial charge in [-0.3, -0.25) is 0 Å². The summed E-state index contributed by atoms with van der Waals surface area (Å²) in [5, 5.41) is 38.1. The zero-order valence-electron chi connectivity index (χ0n) is 9.44. The average Bonchev–Trinajstić information content (AvgIpc) is 2.64. The van der Waals surface area contributed by atoms with E-state index in [2.05, 4.69) is 0 Å². The molecule has 0 bridgehead atoms. The van der Waals surface area contributed by atoms with Crippen LogP contribution in [0.15, 0.2) is 23.9 Å². The Morgan fingerprint density at radius 2 is 2.22 bits per heavy atom. The Bertz CT molecular complexity index is 414. The van der Waals surface area contributed by atoms with Crippen LogP contribution in [0.5, 0.6) is 0 Å². The van der Waals surface area contributed by atoms with E-state index < -0.39 is 41.9 Å². The number of hydrogen-bond acceptors (Lipinski definition) is 7. The van der Waals surface area contributed by atoms with Crippen LogP contribution in [0.4, 0.5) is 0 Å². The van der Waals surface area contributed by atoms with Gasteiger partial charge in [0, 0.05) is 0 Å². The minimum Gasteiger partial charge on any atom is -0.505 e. The first-order chi connectivity index (χ1) is 8.54. The summed E-state index contributed by atoms with van der Waals surface area (Å²) in [6.07, 6.45) is 1.57. The highest BCUT2D eigenvalue weighted by molar-refractivity contribution is 5.90.